The van der Waals surface area contributed by atoms with Crippen LogP contribution in [-0.4, -0.2) is 27.5 Å². The lowest BCUT2D eigenvalue weighted by Crippen LogP contribution is -2.31. The van der Waals surface area contributed by atoms with Crippen molar-refractivity contribution in [1.82, 2.24) is 0 Å². The Labute approximate surface area is 125 Å². The zero-order valence-electron chi connectivity index (χ0n) is 12.9. The zero-order chi connectivity index (χ0) is 15.6. The van der Waals surface area contributed by atoms with Crippen LogP contribution in [0.3, 0.4) is 0 Å². The van der Waals surface area contributed by atoms with Gasteiger partial charge in [0.05, 0.1) is 0 Å². The van der Waals surface area contributed by atoms with Crippen molar-refractivity contribution in [2.75, 3.05) is 5.75 Å². The third kappa shape index (κ3) is 8.08. The highest BCUT2D eigenvalue weighted by Gasteiger charge is 2.33. The summed E-state index contributed by atoms with van der Waals surface area (Å²) in [5.74, 6) is -2.73. The predicted octanol–water partition coefficient (Wildman–Crippen LogP) is 5.36. The molecule has 0 fully saturated rings. The highest BCUT2D eigenvalue weighted by molar-refractivity contribution is 8.01. The van der Waals surface area contributed by atoms with Gasteiger partial charge in [0.2, 0.25) is 5.92 Å². The second-order valence-electron chi connectivity index (χ2n) is 5.51. The van der Waals surface area contributed by atoms with Crippen LogP contribution in [0.1, 0.15) is 72.1 Å². The number of rotatable bonds is 12. The summed E-state index contributed by atoms with van der Waals surface area (Å²) in [6, 6.07) is 0. The molecular formula is C15H28F2O2S. The van der Waals surface area contributed by atoms with Crippen LogP contribution < -0.4 is 0 Å². The van der Waals surface area contributed by atoms with E-state index in [-0.39, 0.29) is 12.8 Å². The van der Waals surface area contributed by atoms with Crippen LogP contribution in [-0.2, 0) is 4.79 Å². The minimum atomic E-state index is -2.57. The first-order chi connectivity index (χ1) is 9.27. The van der Waals surface area contributed by atoms with Gasteiger partial charge in [-0.1, -0.05) is 33.1 Å². The SMILES string of the molecule is CCCCCC(C)(SCCCCC(F)(F)CC)C(=O)O. The van der Waals surface area contributed by atoms with Crippen LogP contribution in [0.25, 0.3) is 0 Å². The van der Waals surface area contributed by atoms with Gasteiger partial charge in [0.25, 0.3) is 0 Å². The molecule has 0 aromatic rings. The number of unbranched alkanes of at least 4 members (excludes halogenated alkanes) is 3. The number of halogens is 2. The summed E-state index contributed by atoms with van der Waals surface area (Å²) in [6.07, 6.45) is 4.54. The Kier molecular flexibility index (Phi) is 9.43. The fraction of sp³-hybridized carbons (Fsp3) is 0.933. The monoisotopic (exact) mass is 310 g/mol. The molecule has 0 amide bonds. The van der Waals surface area contributed by atoms with Crippen molar-refractivity contribution >= 4 is 17.7 Å². The van der Waals surface area contributed by atoms with Crippen LogP contribution in [0.2, 0.25) is 0 Å². The van der Waals surface area contributed by atoms with Gasteiger partial charge in [-0.05, 0) is 31.9 Å². The minimum Gasteiger partial charge on any atom is -0.480 e. The maximum Gasteiger partial charge on any atom is 0.319 e. The predicted molar refractivity (Wildman–Crippen MR) is 81.7 cm³/mol. The van der Waals surface area contributed by atoms with E-state index in [1.165, 1.54) is 18.7 Å². The van der Waals surface area contributed by atoms with E-state index in [1.807, 2.05) is 0 Å². The van der Waals surface area contributed by atoms with Crippen molar-refractivity contribution in [3.05, 3.63) is 0 Å². The summed E-state index contributed by atoms with van der Waals surface area (Å²) >= 11 is 1.40. The number of carbonyl (C=O) groups is 1. The topological polar surface area (TPSA) is 37.3 Å². The molecule has 0 aliphatic rings. The quantitative estimate of drug-likeness (QED) is 0.493. The van der Waals surface area contributed by atoms with Gasteiger partial charge < -0.3 is 5.11 Å². The molecule has 0 aromatic heterocycles. The molecule has 0 heterocycles. The average molecular weight is 310 g/mol. The summed E-state index contributed by atoms with van der Waals surface area (Å²) in [5.41, 5.74) is 0. The normalized spacial score (nSPS) is 15.1. The molecule has 2 nitrogen and oxygen atoms in total. The van der Waals surface area contributed by atoms with Crippen molar-refractivity contribution in [2.24, 2.45) is 0 Å². The van der Waals surface area contributed by atoms with Crippen molar-refractivity contribution in [3.63, 3.8) is 0 Å². The molecule has 0 aromatic carbocycles. The van der Waals surface area contributed by atoms with Gasteiger partial charge in [0, 0.05) is 12.8 Å². The number of hydrogen-bond donors (Lipinski definition) is 1. The Morgan fingerprint density at radius 1 is 1.10 bits per heavy atom. The Bertz CT molecular complexity index is 285. The van der Waals surface area contributed by atoms with Crippen LogP contribution >= 0.6 is 11.8 Å². The summed E-state index contributed by atoms with van der Waals surface area (Å²) in [6.45, 7) is 5.32. The number of alkyl halides is 2. The van der Waals surface area contributed by atoms with Crippen LogP contribution in [0, 0.1) is 0 Å². The molecular weight excluding hydrogens is 282 g/mol. The molecule has 20 heavy (non-hydrogen) atoms. The molecule has 0 bridgehead atoms. The maximum absolute atomic E-state index is 13.0. The number of thioether (sulfide) groups is 1. The van der Waals surface area contributed by atoms with Gasteiger partial charge in [-0.25, -0.2) is 8.78 Å². The Morgan fingerprint density at radius 3 is 2.20 bits per heavy atom. The Hall–Kier alpha value is -0.320. The highest BCUT2D eigenvalue weighted by atomic mass is 32.2. The van der Waals surface area contributed by atoms with Gasteiger partial charge in [-0.3, -0.25) is 4.79 Å². The van der Waals surface area contributed by atoms with E-state index in [0.29, 0.717) is 25.0 Å². The lowest BCUT2D eigenvalue weighted by atomic mass is 10.0. The summed E-state index contributed by atoms with van der Waals surface area (Å²) in [7, 11) is 0. The zero-order valence-corrected chi connectivity index (χ0v) is 13.7. The summed E-state index contributed by atoms with van der Waals surface area (Å²) in [4.78, 5) is 11.3. The van der Waals surface area contributed by atoms with E-state index < -0.39 is 16.6 Å². The van der Waals surface area contributed by atoms with E-state index >= 15 is 0 Å². The average Bonchev–Trinajstić information content (AvgIpc) is 2.38. The fourth-order valence-electron chi connectivity index (χ4n) is 1.91. The summed E-state index contributed by atoms with van der Waals surface area (Å²) in [5, 5.41) is 9.31. The number of carboxylic acids is 1. The van der Waals surface area contributed by atoms with Crippen LogP contribution in [0.15, 0.2) is 0 Å². The number of hydrogen-bond acceptors (Lipinski definition) is 2. The third-order valence-electron chi connectivity index (χ3n) is 3.58. The second-order valence-corrected chi connectivity index (χ2v) is 7.11. The highest BCUT2D eigenvalue weighted by Crippen LogP contribution is 2.33. The number of carboxylic acid groups (broad SMARTS) is 1. The molecule has 5 heteroatoms. The lowest BCUT2D eigenvalue weighted by Gasteiger charge is -2.24. The van der Waals surface area contributed by atoms with E-state index in [2.05, 4.69) is 6.92 Å². The van der Waals surface area contributed by atoms with E-state index in [0.717, 1.165) is 19.3 Å². The smallest absolute Gasteiger partial charge is 0.319 e. The first-order valence-electron chi connectivity index (χ1n) is 7.52. The molecule has 1 atom stereocenters. The van der Waals surface area contributed by atoms with Crippen LogP contribution in [0.5, 0.6) is 0 Å². The summed E-state index contributed by atoms with van der Waals surface area (Å²) < 4.78 is 25.3. The van der Waals surface area contributed by atoms with Gasteiger partial charge in [-0.2, -0.15) is 0 Å². The molecule has 0 aliphatic heterocycles. The fourth-order valence-corrected chi connectivity index (χ4v) is 3.12. The van der Waals surface area contributed by atoms with Crippen molar-refractivity contribution in [3.8, 4) is 0 Å². The van der Waals surface area contributed by atoms with Gasteiger partial charge in [0.1, 0.15) is 4.75 Å². The van der Waals surface area contributed by atoms with Gasteiger partial charge in [0.15, 0.2) is 0 Å². The molecule has 0 saturated carbocycles. The first kappa shape index (κ1) is 19.7. The Morgan fingerprint density at radius 2 is 1.70 bits per heavy atom. The molecule has 0 aliphatic carbocycles. The molecule has 0 rings (SSSR count). The van der Waals surface area contributed by atoms with Crippen molar-refractivity contribution in [1.29, 1.82) is 0 Å². The third-order valence-corrected chi connectivity index (χ3v) is 5.09. The molecule has 0 radical (unpaired) electrons. The second kappa shape index (κ2) is 9.59. The van der Waals surface area contributed by atoms with Gasteiger partial charge >= 0.3 is 5.97 Å². The largest absolute Gasteiger partial charge is 0.480 e. The molecule has 1 N–H and O–H groups in total. The first-order valence-corrected chi connectivity index (χ1v) is 8.51. The van der Waals surface area contributed by atoms with Crippen LogP contribution in [0.4, 0.5) is 8.78 Å². The Balaban J connectivity index is 4.00. The molecule has 1 unspecified atom stereocenters. The van der Waals surface area contributed by atoms with Crippen molar-refractivity contribution in [2.45, 2.75) is 82.8 Å². The van der Waals surface area contributed by atoms with Gasteiger partial charge in [-0.15, -0.1) is 11.8 Å². The van der Waals surface area contributed by atoms with E-state index in [1.54, 1.807) is 6.92 Å². The van der Waals surface area contributed by atoms with Crippen molar-refractivity contribution < 1.29 is 18.7 Å². The molecule has 120 valence electrons. The van der Waals surface area contributed by atoms with E-state index in [9.17, 15) is 18.7 Å². The standard InChI is InChI=1S/C15H28F2O2S/c1-4-6-7-10-14(3,13(18)19)20-12-9-8-11-15(16,17)5-2/h4-12H2,1-3H3,(H,18,19). The maximum atomic E-state index is 13.0. The van der Waals surface area contributed by atoms with E-state index in [4.69, 9.17) is 0 Å². The number of aliphatic carboxylic acids is 1. The molecule has 0 spiro atoms. The minimum absolute atomic E-state index is 0.0936. The molecule has 0 saturated heterocycles. The lowest BCUT2D eigenvalue weighted by molar-refractivity contribution is -0.139.